The first-order valence-electron chi connectivity index (χ1n) is 14.4. The van der Waals surface area contributed by atoms with Crippen LogP contribution in [0.15, 0.2) is 35.8 Å². The number of nitrogens with zero attached hydrogens (tertiary/aromatic N) is 4. The van der Waals surface area contributed by atoms with E-state index < -0.39 is 0 Å². The number of fused-ring (bicyclic) bond motifs is 3. The number of rotatable bonds is 6. The summed E-state index contributed by atoms with van der Waals surface area (Å²) in [6, 6.07) is 9.83. The summed E-state index contributed by atoms with van der Waals surface area (Å²) < 4.78 is 20.4. The van der Waals surface area contributed by atoms with Gasteiger partial charge in [-0.2, -0.15) is 0 Å². The van der Waals surface area contributed by atoms with Crippen molar-refractivity contribution in [2.24, 2.45) is 0 Å². The van der Waals surface area contributed by atoms with Gasteiger partial charge in [-0.15, -0.1) is 11.3 Å². The molecule has 40 heavy (non-hydrogen) atoms. The van der Waals surface area contributed by atoms with Gasteiger partial charge >= 0.3 is 0 Å². The standard InChI is InChI=1S/C31H40FN5O2S/c1-20-14-36(25(13-33-20)15-35-9-10-39-17-21(35)2)16-27(38)37-18-31(3,4)28-26(37)12-23(29-30(28)40-19-34-29)11-22-5-7-24(32)8-6-22/h5-8,12,19-21,25,33H,9-11,13-18H2,1-4H3/t20-,21-,25-/m1/s1. The number of morpholine rings is 1. The number of nitrogens with one attached hydrogen (secondary N) is 1. The fourth-order valence-corrected chi connectivity index (χ4v) is 7.71. The summed E-state index contributed by atoms with van der Waals surface area (Å²) in [4.78, 5) is 25.8. The number of carbonyl (C=O) groups is 1. The van der Waals surface area contributed by atoms with Gasteiger partial charge in [0.2, 0.25) is 5.91 Å². The fourth-order valence-electron chi connectivity index (χ4n) is 6.65. The zero-order chi connectivity index (χ0) is 28.0. The van der Waals surface area contributed by atoms with Crippen molar-refractivity contribution in [2.75, 3.05) is 57.4 Å². The predicted octanol–water partition coefficient (Wildman–Crippen LogP) is 4.03. The van der Waals surface area contributed by atoms with Crippen LogP contribution in [-0.4, -0.2) is 91.3 Å². The highest BCUT2D eigenvalue weighted by molar-refractivity contribution is 7.17. The van der Waals surface area contributed by atoms with Crippen LogP contribution in [0.5, 0.6) is 0 Å². The second kappa shape index (κ2) is 11.1. The van der Waals surface area contributed by atoms with Crippen molar-refractivity contribution in [3.63, 3.8) is 0 Å². The number of hydrogen-bond acceptors (Lipinski definition) is 7. The van der Waals surface area contributed by atoms with Crippen molar-refractivity contribution in [1.29, 1.82) is 0 Å². The molecule has 0 spiro atoms. The Kier molecular flexibility index (Phi) is 7.69. The number of benzene rings is 2. The molecule has 2 aromatic carbocycles. The molecule has 2 fully saturated rings. The highest BCUT2D eigenvalue weighted by Crippen LogP contribution is 2.47. The van der Waals surface area contributed by atoms with E-state index in [0.29, 0.717) is 31.6 Å². The maximum absolute atomic E-state index is 14.1. The summed E-state index contributed by atoms with van der Waals surface area (Å²) in [6.07, 6.45) is 0.644. The third-order valence-corrected chi connectivity index (χ3v) is 9.66. The fraction of sp³-hybridized carbons (Fsp3) is 0.548. The summed E-state index contributed by atoms with van der Waals surface area (Å²) in [5.74, 6) is -0.0869. The first kappa shape index (κ1) is 27.7. The van der Waals surface area contributed by atoms with Gasteiger partial charge in [-0.25, -0.2) is 9.37 Å². The molecule has 214 valence electrons. The number of aromatic nitrogens is 1. The monoisotopic (exact) mass is 565 g/mol. The zero-order valence-corrected chi connectivity index (χ0v) is 24.8. The molecule has 6 rings (SSSR count). The maximum atomic E-state index is 14.1. The van der Waals surface area contributed by atoms with Gasteiger partial charge < -0.3 is 15.0 Å². The van der Waals surface area contributed by atoms with Crippen LogP contribution in [0.25, 0.3) is 10.2 Å². The Labute approximate surface area is 240 Å². The molecule has 1 amide bonds. The molecule has 1 N–H and O–H groups in total. The topological polar surface area (TPSA) is 60.9 Å². The van der Waals surface area contributed by atoms with E-state index in [0.717, 1.165) is 66.4 Å². The van der Waals surface area contributed by atoms with Crippen molar-refractivity contribution in [2.45, 2.75) is 57.7 Å². The molecule has 3 aliphatic heterocycles. The summed E-state index contributed by atoms with van der Waals surface area (Å²) in [5, 5.41) is 3.64. The van der Waals surface area contributed by atoms with E-state index in [4.69, 9.17) is 9.72 Å². The minimum atomic E-state index is -0.237. The largest absolute Gasteiger partial charge is 0.379 e. The molecule has 0 bridgehead atoms. The van der Waals surface area contributed by atoms with Crippen molar-refractivity contribution in [3.05, 3.63) is 58.3 Å². The van der Waals surface area contributed by atoms with Crippen molar-refractivity contribution < 1.29 is 13.9 Å². The van der Waals surface area contributed by atoms with Crippen molar-refractivity contribution in [1.82, 2.24) is 20.1 Å². The second-order valence-corrected chi connectivity index (χ2v) is 13.3. The predicted molar refractivity (Wildman–Crippen MR) is 159 cm³/mol. The molecule has 0 saturated carbocycles. The lowest BCUT2D eigenvalue weighted by Gasteiger charge is -2.43. The van der Waals surface area contributed by atoms with E-state index in [1.165, 1.54) is 17.7 Å². The molecular formula is C31H40FN5O2S. The summed E-state index contributed by atoms with van der Waals surface area (Å²) in [5.41, 5.74) is 7.04. The molecule has 3 atom stereocenters. The number of anilines is 1. The van der Waals surface area contributed by atoms with Gasteiger partial charge in [0.05, 0.1) is 35.5 Å². The lowest BCUT2D eigenvalue weighted by Crippen LogP contribution is -2.62. The average molecular weight is 566 g/mol. The van der Waals surface area contributed by atoms with Gasteiger partial charge in [0.1, 0.15) is 5.82 Å². The smallest absolute Gasteiger partial charge is 0.241 e. The highest BCUT2D eigenvalue weighted by Gasteiger charge is 2.42. The number of amides is 1. The number of piperazine rings is 1. The number of thiazole rings is 1. The van der Waals surface area contributed by atoms with Gasteiger partial charge in [0.25, 0.3) is 0 Å². The molecule has 3 aromatic rings. The van der Waals surface area contributed by atoms with Gasteiger partial charge in [0.15, 0.2) is 0 Å². The third-order valence-electron chi connectivity index (χ3n) is 8.81. The third kappa shape index (κ3) is 5.42. The molecule has 2 saturated heterocycles. The molecular weight excluding hydrogens is 525 g/mol. The first-order valence-corrected chi connectivity index (χ1v) is 15.3. The van der Waals surface area contributed by atoms with Crippen LogP contribution in [0.3, 0.4) is 0 Å². The molecule has 0 unspecified atom stereocenters. The molecule has 3 aliphatic rings. The van der Waals surface area contributed by atoms with E-state index in [2.05, 4.69) is 48.9 Å². The number of hydrogen-bond donors (Lipinski definition) is 1. The lowest BCUT2D eigenvalue weighted by molar-refractivity contribution is -0.121. The van der Waals surface area contributed by atoms with E-state index in [1.807, 2.05) is 22.5 Å². The lowest BCUT2D eigenvalue weighted by atomic mass is 9.85. The number of halogens is 1. The van der Waals surface area contributed by atoms with E-state index in [1.54, 1.807) is 11.3 Å². The molecule has 4 heterocycles. The second-order valence-electron chi connectivity index (χ2n) is 12.4. The van der Waals surface area contributed by atoms with Crippen molar-refractivity contribution in [3.8, 4) is 0 Å². The molecule has 0 aliphatic carbocycles. The Hall–Kier alpha value is -2.43. The quantitative estimate of drug-likeness (QED) is 0.487. The van der Waals surface area contributed by atoms with Crippen LogP contribution in [0.4, 0.5) is 10.1 Å². The van der Waals surface area contributed by atoms with Crippen LogP contribution in [0, 0.1) is 5.82 Å². The summed E-state index contributed by atoms with van der Waals surface area (Å²) in [7, 11) is 0. The Morgan fingerprint density at radius 2 is 2.02 bits per heavy atom. The molecule has 1 aromatic heterocycles. The first-order chi connectivity index (χ1) is 19.2. The average Bonchev–Trinajstić information content (AvgIpc) is 3.50. The normalized spacial score (nSPS) is 25.4. The van der Waals surface area contributed by atoms with Crippen LogP contribution in [0.1, 0.15) is 44.4 Å². The van der Waals surface area contributed by atoms with E-state index in [-0.39, 0.29) is 23.2 Å². The van der Waals surface area contributed by atoms with Gasteiger partial charge in [-0.1, -0.05) is 26.0 Å². The SMILES string of the molecule is C[C@@H]1CN(CC(=O)N2CC(C)(C)c3c2cc(Cc2ccc(F)cc2)c2ncsc32)[C@@H](CN2CCOC[C@H]2C)CN1. The van der Waals surface area contributed by atoms with Crippen LogP contribution < -0.4 is 10.2 Å². The van der Waals surface area contributed by atoms with Crippen LogP contribution in [-0.2, 0) is 21.4 Å². The van der Waals surface area contributed by atoms with Crippen molar-refractivity contribution >= 4 is 33.1 Å². The molecule has 7 nitrogen and oxygen atoms in total. The Morgan fingerprint density at radius 1 is 1.23 bits per heavy atom. The van der Waals surface area contributed by atoms with Gasteiger partial charge in [-0.3, -0.25) is 14.6 Å². The minimum absolute atomic E-state index is 0.151. The Bertz CT molecular complexity index is 1380. The number of carbonyl (C=O) groups excluding carboxylic acids is 1. The van der Waals surface area contributed by atoms with E-state index >= 15 is 0 Å². The Balaban J connectivity index is 1.28. The Morgan fingerprint density at radius 3 is 2.80 bits per heavy atom. The molecule has 0 radical (unpaired) electrons. The minimum Gasteiger partial charge on any atom is -0.379 e. The van der Waals surface area contributed by atoms with E-state index in [9.17, 15) is 9.18 Å². The maximum Gasteiger partial charge on any atom is 0.241 e. The zero-order valence-electron chi connectivity index (χ0n) is 24.0. The van der Waals surface area contributed by atoms with Gasteiger partial charge in [0, 0.05) is 67.5 Å². The van der Waals surface area contributed by atoms with Crippen LogP contribution >= 0.6 is 11.3 Å². The van der Waals surface area contributed by atoms with Gasteiger partial charge in [-0.05, 0) is 49.6 Å². The summed E-state index contributed by atoms with van der Waals surface area (Å²) in [6.45, 7) is 15.1. The van der Waals surface area contributed by atoms with Crippen LogP contribution in [0.2, 0.25) is 0 Å². The highest BCUT2D eigenvalue weighted by atomic mass is 32.1. The molecule has 9 heteroatoms. The number of ether oxygens (including phenoxy) is 1. The summed E-state index contributed by atoms with van der Waals surface area (Å²) >= 11 is 1.65.